The van der Waals surface area contributed by atoms with Crippen molar-refractivity contribution in [2.75, 3.05) is 6.61 Å². The van der Waals surface area contributed by atoms with Crippen LogP contribution in [0.25, 0.3) is 17.0 Å². The Morgan fingerprint density at radius 1 is 1.27 bits per heavy atom. The third kappa shape index (κ3) is 3.08. The fourth-order valence-corrected chi connectivity index (χ4v) is 3.25. The molecule has 1 aliphatic carbocycles. The molecule has 0 bridgehead atoms. The molecule has 0 amide bonds. The second-order valence-corrected chi connectivity index (χ2v) is 5.92. The first-order valence-electron chi connectivity index (χ1n) is 8.25. The van der Waals surface area contributed by atoms with Crippen molar-refractivity contribution in [2.24, 2.45) is 5.92 Å². The minimum Gasteiger partial charge on any atom is -0.449 e. The predicted octanol–water partition coefficient (Wildman–Crippen LogP) is 5.24. The van der Waals surface area contributed by atoms with Crippen LogP contribution >= 0.6 is 0 Å². The first-order chi connectivity index (χ1) is 10.8. The number of carbonyl (C=O) groups is 1. The molecule has 3 nitrogen and oxygen atoms in total. The second-order valence-electron chi connectivity index (χ2n) is 5.92. The van der Waals surface area contributed by atoms with E-state index in [2.05, 4.69) is 18.2 Å². The minimum atomic E-state index is -0.299. The van der Waals surface area contributed by atoms with Crippen LogP contribution in [0, 0.1) is 5.92 Å². The van der Waals surface area contributed by atoms with Crippen LogP contribution in [0.1, 0.15) is 44.7 Å². The molecule has 1 aromatic carbocycles. The predicted molar refractivity (Wildman–Crippen MR) is 90.0 cm³/mol. The van der Waals surface area contributed by atoms with Crippen molar-refractivity contribution in [3.8, 4) is 0 Å². The first-order valence-corrected chi connectivity index (χ1v) is 8.25. The maximum atomic E-state index is 12.3. The molecule has 0 saturated heterocycles. The van der Waals surface area contributed by atoms with E-state index in [9.17, 15) is 4.79 Å². The highest BCUT2D eigenvalue weighted by Gasteiger charge is 2.15. The number of allylic oxidation sites excluding steroid dienone is 1. The summed E-state index contributed by atoms with van der Waals surface area (Å²) in [6, 6.07) is 10.00. The van der Waals surface area contributed by atoms with Crippen LogP contribution in [0.5, 0.6) is 0 Å². The summed E-state index contributed by atoms with van der Waals surface area (Å²) in [5.41, 5.74) is 1.81. The SMILES string of the molecule is CCOC(=O)n1c(/C=C/C2CCCCC2)cc2ccccc21. The molecule has 0 unspecified atom stereocenters. The molecule has 0 N–H and O–H groups in total. The largest absolute Gasteiger partial charge is 0.449 e. The molecule has 2 aromatic rings. The Morgan fingerprint density at radius 3 is 2.82 bits per heavy atom. The lowest BCUT2D eigenvalue weighted by molar-refractivity contribution is 0.155. The zero-order chi connectivity index (χ0) is 15.4. The molecule has 1 aromatic heterocycles. The number of aromatic nitrogens is 1. The number of nitrogens with zero attached hydrogens (tertiary/aromatic N) is 1. The lowest BCUT2D eigenvalue weighted by Gasteiger charge is -2.17. The van der Waals surface area contributed by atoms with E-state index in [1.54, 1.807) is 4.57 Å². The van der Waals surface area contributed by atoms with Gasteiger partial charge in [-0.2, -0.15) is 0 Å². The van der Waals surface area contributed by atoms with Crippen molar-refractivity contribution in [1.29, 1.82) is 0 Å². The third-order valence-electron chi connectivity index (χ3n) is 4.38. The molecule has 116 valence electrons. The van der Waals surface area contributed by atoms with Gasteiger partial charge in [-0.25, -0.2) is 9.36 Å². The lowest BCUT2D eigenvalue weighted by Crippen LogP contribution is -2.14. The van der Waals surface area contributed by atoms with Gasteiger partial charge >= 0.3 is 6.09 Å². The second kappa shape index (κ2) is 6.82. The molecule has 0 spiro atoms. The molecule has 1 heterocycles. The monoisotopic (exact) mass is 297 g/mol. The number of rotatable bonds is 3. The van der Waals surface area contributed by atoms with Crippen LogP contribution in [0.4, 0.5) is 4.79 Å². The van der Waals surface area contributed by atoms with E-state index >= 15 is 0 Å². The molecule has 1 fully saturated rings. The molecule has 3 heteroatoms. The molecule has 22 heavy (non-hydrogen) atoms. The van der Waals surface area contributed by atoms with Crippen LogP contribution in [0.15, 0.2) is 36.4 Å². The quantitative estimate of drug-likeness (QED) is 0.775. The summed E-state index contributed by atoms with van der Waals surface area (Å²) < 4.78 is 6.90. The van der Waals surface area contributed by atoms with E-state index in [0.29, 0.717) is 12.5 Å². The van der Waals surface area contributed by atoms with Crippen molar-refractivity contribution in [3.05, 3.63) is 42.1 Å². The summed E-state index contributed by atoms with van der Waals surface area (Å²) in [7, 11) is 0. The number of hydrogen-bond acceptors (Lipinski definition) is 2. The normalized spacial score (nSPS) is 16.4. The summed E-state index contributed by atoms with van der Waals surface area (Å²) in [6.07, 6.45) is 10.6. The Kier molecular flexibility index (Phi) is 4.62. The molecule has 0 radical (unpaired) electrons. The Hall–Kier alpha value is -2.03. The van der Waals surface area contributed by atoms with Gasteiger partial charge in [0.15, 0.2) is 0 Å². The van der Waals surface area contributed by atoms with Gasteiger partial charge in [0.25, 0.3) is 0 Å². The van der Waals surface area contributed by atoms with E-state index in [1.165, 1.54) is 32.1 Å². The maximum absolute atomic E-state index is 12.3. The zero-order valence-corrected chi connectivity index (χ0v) is 13.1. The van der Waals surface area contributed by atoms with Gasteiger partial charge in [0, 0.05) is 5.39 Å². The topological polar surface area (TPSA) is 31.2 Å². The number of fused-ring (bicyclic) bond motifs is 1. The van der Waals surface area contributed by atoms with Gasteiger partial charge < -0.3 is 4.74 Å². The molecular weight excluding hydrogens is 274 g/mol. The van der Waals surface area contributed by atoms with Crippen LogP contribution in [-0.4, -0.2) is 17.3 Å². The number of benzene rings is 1. The highest BCUT2D eigenvalue weighted by molar-refractivity contribution is 5.93. The molecule has 0 aliphatic heterocycles. The Labute approximate surface area is 131 Å². The summed E-state index contributed by atoms with van der Waals surface area (Å²) in [6.45, 7) is 2.22. The molecule has 1 saturated carbocycles. The summed E-state index contributed by atoms with van der Waals surface area (Å²) in [4.78, 5) is 12.3. The minimum absolute atomic E-state index is 0.299. The Morgan fingerprint density at radius 2 is 2.05 bits per heavy atom. The highest BCUT2D eigenvalue weighted by Crippen LogP contribution is 2.27. The Bertz CT molecular complexity index is 678. The van der Waals surface area contributed by atoms with Gasteiger partial charge in [-0.15, -0.1) is 0 Å². The fraction of sp³-hybridized carbons (Fsp3) is 0.421. The average Bonchev–Trinajstić information content (AvgIpc) is 2.92. The first kappa shape index (κ1) is 14.9. The number of carbonyl (C=O) groups excluding carboxylic acids is 1. The van der Waals surface area contributed by atoms with E-state index < -0.39 is 0 Å². The van der Waals surface area contributed by atoms with Crippen molar-refractivity contribution >= 4 is 23.1 Å². The Balaban J connectivity index is 1.94. The van der Waals surface area contributed by atoms with Gasteiger partial charge in [0.1, 0.15) is 0 Å². The van der Waals surface area contributed by atoms with Gasteiger partial charge in [-0.1, -0.05) is 43.5 Å². The van der Waals surface area contributed by atoms with E-state index in [1.807, 2.05) is 31.2 Å². The van der Waals surface area contributed by atoms with Crippen molar-refractivity contribution in [2.45, 2.75) is 39.0 Å². The van der Waals surface area contributed by atoms with Crippen molar-refractivity contribution in [1.82, 2.24) is 4.57 Å². The van der Waals surface area contributed by atoms with Crippen LogP contribution in [-0.2, 0) is 4.74 Å². The number of hydrogen-bond donors (Lipinski definition) is 0. The lowest BCUT2D eigenvalue weighted by atomic mass is 9.89. The van der Waals surface area contributed by atoms with Gasteiger partial charge in [0.2, 0.25) is 0 Å². The summed E-state index contributed by atoms with van der Waals surface area (Å²) in [5.74, 6) is 0.641. The van der Waals surface area contributed by atoms with Crippen molar-refractivity contribution in [3.63, 3.8) is 0 Å². The number of para-hydroxylation sites is 1. The molecular formula is C19H23NO2. The molecule has 3 rings (SSSR count). The number of ether oxygens (including phenoxy) is 1. The molecule has 1 aliphatic rings. The fourth-order valence-electron chi connectivity index (χ4n) is 3.25. The van der Waals surface area contributed by atoms with Crippen molar-refractivity contribution < 1.29 is 9.53 Å². The molecule has 0 atom stereocenters. The summed E-state index contributed by atoms with van der Waals surface area (Å²) >= 11 is 0. The van der Waals surface area contributed by atoms with Gasteiger partial charge in [0.05, 0.1) is 17.8 Å². The third-order valence-corrected chi connectivity index (χ3v) is 4.38. The van der Waals surface area contributed by atoms with Gasteiger partial charge in [-0.05, 0) is 43.9 Å². The van der Waals surface area contributed by atoms with E-state index in [-0.39, 0.29) is 6.09 Å². The van der Waals surface area contributed by atoms with Gasteiger partial charge in [-0.3, -0.25) is 0 Å². The smallest absolute Gasteiger partial charge is 0.418 e. The van der Waals surface area contributed by atoms with E-state index in [4.69, 9.17) is 4.74 Å². The van der Waals surface area contributed by atoms with Crippen LogP contribution in [0.3, 0.4) is 0 Å². The zero-order valence-electron chi connectivity index (χ0n) is 13.1. The highest BCUT2D eigenvalue weighted by atomic mass is 16.5. The average molecular weight is 297 g/mol. The van der Waals surface area contributed by atoms with Crippen LogP contribution in [0.2, 0.25) is 0 Å². The standard InChI is InChI=1S/C19H23NO2/c1-2-22-19(21)20-17(13-12-15-8-4-3-5-9-15)14-16-10-6-7-11-18(16)20/h6-7,10-15H,2-5,8-9H2,1H3/b13-12+. The maximum Gasteiger partial charge on any atom is 0.418 e. The summed E-state index contributed by atoms with van der Waals surface area (Å²) in [5, 5.41) is 1.07. The van der Waals surface area contributed by atoms with E-state index in [0.717, 1.165) is 16.6 Å². The van der Waals surface area contributed by atoms with Crippen LogP contribution < -0.4 is 0 Å².